The van der Waals surface area contributed by atoms with Gasteiger partial charge in [0.05, 0.1) is 15.6 Å². The van der Waals surface area contributed by atoms with Crippen LogP contribution in [-0.2, 0) is 11.3 Å². The lowest BCUT2D eigenvalue weighted by molar-refractivity contribution is 0.0826. The standard InChI is InChI=1S/C22H21Cl2NO4/c1-13-21-15(11-25(12-28-21)6-3-7-27-2)10-16-20(26)19(29-22(13)16)9-14-4-5-17(23)18(24)8-14/h4-5,8-10H,3,6-7,11-12H2,1-2H3/b19-9-. The Balaban J connectivity index is 1.61. The van der Waals surface area contributed by atoms with Crippen molar-refractivity contribution >= 4 is 35.1 Å². The summed E-state index contributed by atoms with van der Waals surface area (Å²) in [6.07, 6.45) is 2.61. The van der Waals surface area contributed by atoms with Gasteiger partial charge in [-0.3, -0.25) is 9.69 Å². The van der Waals surface area contributed by atoms with Gasteiger partial charge < -0.3 is 14.2 Å². The second-order valence-electron chi connectivity index (χ2n) is 7.15. The van der Waals surface area contributed by atoms with Gasteiger partial charge in [0.2, 0.25) is 5.78 Å². The third-order valence-corrected chi connectivity index (χ3v) is 5.81. The summed E-state index contributed by atoms with van der Waals surface area (Å²) in [5.74, 6) is 1.48. The molecule has 0 aliphatic carbocycles. The van der Waals surface area contributed by atoms with Gasteiger partial charge in [0.15, 0.2) is 5.76 Å². The minimum Gasteiger partial charge on any atom is -0.477 e. The molecule has 2 aliphatic rings. The van der Waals surface area contributed by atoms with Crippen LogP contribution in [0.15, 0.2) is 30.0 Å². The molecule has 0 spiro atoms. The Morgan fingerprint density at radius 2 is 2.03 bits per heavy atom. The van der Waals surface area contributed by atoms with Crippen LogP contribution >= 0.6 is 23.2 Å². The number of fused-ring (bicyclic) bond motifs is 2. The van der Waals surface area contributed by atoms with E-state index in [2.05, 4.69) is 4.90 Å². The topological polar surface area (TPSA) is 48.0 Å². The number of halogens is 2. The molecule has 2 aliphatic heterocycles. The van der Waals surface area contributed by atoms with Crippen molar-refractivity contribution in [3.8, 4) is 11.5 Å². The first kappa shape index (κ1) is 20.2. The lowest BCUT2D eigenvalue weighted by Gasteiger charge is -2.30. The van der Waals surface area contributed by atoms with Crippen LogP contribution in [0, 0.1) is 6.92 Å². The van der Waals surface area contributed by atoms with Crippen LogP contribution in [0.3, 0.4) is 0 Å². The van der Waals surface area contributed by atoms with Crippen LogP contribution in [0.5, 0.6) is 11.5 Å². The summed E-state index contributed by atoms with van der Waals surface area (Å²) in [4.78, 5) is 15.2. The second-order valence-corrected chi connectivity index (χ2v) is 7.97. The number of Topliss-reactive ketones (excluding diaryl/α,β-unsaturated/α-hetero) is 1. The first-order chi connectivity index (χ1) is 14.0. The number of benzene rings is 2. The highest BCUT2D eigenvalue weighted by Crippen LogP contribution is 2.43. The Kier molecular flexibility index (Phi) is 5.83. The van der Waals surface area contributed by atoms with Crippen molar-refractivity contribution in [1.82, 2.24) is 4.90 Å². The Morgan fingerprint density at radius 1 is 1.21 bits per heavy atom. The maximum absolute atomic E-state index is 13.0. The van der Waals surface area contributed by atoms with E-state index in [9.17, 15) is 4.79 Å². The van der Waals surface area contributed by atoms with Crippen LogP contribution in [0.4, 0.5) is 0 Å². The molecule has 4 rings (SSSR count). The number of rotatable bonds is 5. The first-order valence-corrected chi connectivity index (χ1v) is 10.1. The van der Waals surface area contributed by atoms with Gasteiger partial charge in [-0.05, 0) is 43.2 Å². The predicted molar refractivity (Wildman–Crippen MR) is 113 cm³/mol. The summed E-state index contributed by atoms with van der Waals surface area (Å²) < 4.78 is 17.0. The number of nitrogens with zero attached hydrogens (tertiary/aromatic N) is 1. The quantitative estimate of drug-likeness (QED) is 0.484. The highest BCUT2D eigenvalue weighted by Gasteiger charge is 2.33. The van der Waals surface area contributed by atoms with Gasteiger partial charge in [-0.25, -0.2) is 0 Å². The minimum atomic E-state index is -0.145. The normalized spacial score (nSPS) is 17.1. The summed E-state index contributed by atoms with van der Waals surface area (Å²) in [7, 11) is 1.70. The van der Waals surface area contributed by atoms with Crippen LogP contribution in [0.2, 0.25) is 10.0 Å². The molecule has 5 nitrogen and oxygen atoms in total. The molecule has 2 aromatic rings. The highest BCUT2D eigenvalue weighted by atomic mass is 35.5. The highest BCUT2D eigenvalue weighted by molar-refractivity contribution is 6.42. The lowest BCUT2D eigenvalue weighted by Crippen LogP contribution is -2.33. The molecule has 0 fully saturated rings. The summed E-state index contributed by atoms with van der Waals surface area (Å²) in [6, 6.07) is 7.08. The molecule has 0 unspecified atom stereocenters. The van der Waals surface area contributed by atoms with E-state index in [1.807, 2.05) is 13.0 Å². The van der Waals surface area contributed by atoms with Crippen molar-refractivity contribution in [1.29, 1.82) is 0 Å². The zero-order valence-electron chi connectivity index (χ0n) is 16.3. The second kappa shape index (κ2) is 8.36. The van der Waals surface area contributed by atoms with Crippen molar-refractivity contribution < 1.29 is 19.0 Å². The fourth-order valence-corrected chi connectivity index (χ4v) is 3.93. The van der Waals surface area contributed by atoms with E-state index in [0.717, 1.165) is 42.0 Å². The number of hydrogen-bond acceptors (Lipinski definition) is 5. The first-order valence-electron chi connectivity index (χ1n) is 9.38. The van der Waals surface area contributed by atoms with E-state index in [1.54, 1.807) is 31.4 Å². The van der Waals surface area contributed by atoms with E-state index in [1.165, 1.54) is 0 Å². The molecule has 0 bridgehead atoms. The third kappa shape index (κ3) is 4.01. The number of allylic oxidation sites excluding steroid dienone is 1. The van der Waals surface area contributed by atoms with E-state index >= 15 is 0 Å². The molecule has 0 N–H and O–H groups in total. The molecule has 2 heterocycles. The van der Waals surface area contributed by atoms with Gasteiger partial charge in [0, 0.05) is 37.9 Å². The number of carbonyl (C=O) groups is 1. The molecule has 0 amide bonds. The van der Waals surface area contributed by atoms with Crippen LogP contribution in [0.1, 0.15) is 33.5 Å². The van der Waals surface area contributed by atoms with Crippen molar-refractivity contribution in [2.75, 3.05) is 27.0 Å². The summed E-state index contributed by atoms with van der Waals surface area (Å²) in [5, 5.41) is 0.893. The van der Waals surface area contributed by atoms with Gasteiger partial charge in [-0.2, -0.15) is 0 Å². The lowest BCUT2D eigenvalue weighted by atomic mass is 10.00. The zero-order valence-corrected chi connectivity index (χ0v) is 17.8. The van der Waals surface area contributed by atoms with E-state index in [4.69, 9.17) is 37.4 Å². The summed E-state index contributed by atoms with van der Waals surface area (Å²) in [6.45, 7) is 4.74. The summed E-state index contributed by atoms with van der Waals surface area (Å²) in [5.41, 5.74) is 3.16. The van der Waals surface area contributed by atoms with Crippen molar-refractivity contribution in [2.24, 2.45) is 0 Å². The fourth-order valence-electron chi connectivity index (χ4n) is 3.63. The molecule has 0 radical (unpaired) electrons. The van der Waals surface area contributed by atoms with E-state index in [0.29, 0.717) is 34.7 Å². The Hall–Kier alpha value is -2.05. The number of carbonyl (C=O) groups excluding carboxylic acids is 1. The van der Waals surface area contributed by atoms with Crippen molar-refractivity contribution in [3.05, 3.63) is 62.3 Å². The molecule has 0 saturated carbocycles. The van der Waals surface area contributed by atoms with E-state index < -0.39 is 0 Å². The number of methoxy groups -OCH3 is 1. The maximum atomic E-state index is 13.0. The molecule has 2 aromatic carbocycles. The van der Waals surface area contributed by atoms with Gasteiger partial charge in [0.1, 0.15) is 18.2 Å². The molecule has 0 atom stereocenters. The minimum absolute atomic E-state index is 0.145. The number of ether oxygens (including phenoxy) is 3. The smallest absolute Gasteiger partial charge is 0.231 e. The van der Waals surface area contributed by atoms with Crippen LogP contribution < -0.4 is 9.47 Å². The predicted octanol–water partition coefficient (Wildman–Crippen LogP) is 5.11. The zero-order chi connectivity index (χ0) is 20.5. The average Bonchev–Trinajstić information content (AvgIpc) is 3.01. The molecule has 29 heavy (non-hydrogen) atoms. The largest absolute Gasteiger partial charge is 0.477 e. The molecule has 0 aromatic heterocycles. The van der Waals surface area contributed by atoms with Crippen molar-refractivity contribution in [3.63, 3.8) is 0 Å². The van der Waals surface area contributed by atoms with Crippen molar-refractivity contribution in [2.45, 2.75) is 19.9 Å². The molecular weight excluding hydrogens is 413 g/mol. The van der Waals surface area contributed by atoms with E-state index in [-0.39, 0.29) is 11.5 Å². The van der Waals surface area contributed by atoms with Gasteiger partial charge in [0.25, 0.3) is 0 Å². The van der Waals surface area contributed by atoms with Gasteiger partial charge in [-0.1, -0.05) is 29.3 Å². The Bertz CT molecular complexity index is 1000. The number of ketones is 1. The third-order valence-electron chi connectivity index (χ3n) is 5.07. The Morgan fingerprint density at radius 3 is 2.79 bits per heavy atom. The Labute approximate surface area is 179 Å². The van der Waals surface area contributed by atoms with Crippen LogP contribution in [-0.4, -0.2) is 37.7 Å². The monoisotopic (exact) mass is 433 g/mol. The molecule has 7 heteroatoms. The molecule has 0 saturated heterocycles. The summed E-state index contributed by atoms with van der Waals surface area (Å²) >= 11 is 12.0. The maximum Gasteiger partial charge on any atom is 0.231 e. The number of hydrogen-bond donors (Lipinski definition) is 0. The molecule has 152 valence electrons. The van der Waals surface area contributed by atoms with Gasteiger partial charge >= 0.3 is 0 Å². The fraction of sp³-hybridized carbons (Fsp3) is 0.318. The average molecular weight is 434 g/mol. The molecular formula is C22H21Cl2NO4. The van der Waals surface area contributed by atoms with Gasteiger partial charge in [-0.15, -0.1) is 0 Å². The van der Waals surface area contributed by atoms with Crippen LogP contribution in [0.25, 0.3) is 6.08 Å². The SMILES string of the molecule is COCCCN1COc2c(cc3c(c2C)O/C(=C\c2ccc(Cl)c(Cl)c2)C3=O)C1.